The van der Waals surface area contributed by atoms with Gasteiger partial charge in [-0.25, -0.2) is 13.2 Å². The topological polar surface area (TPSA) is 64.4 Å². The highest BCUT2D eigenvalue weighted by molar-refractivity contribution is 7.80. The number of thiol groups is 1. The lowest BCUT2D eigenvalue weighted by atomic mass is 10.1. The summed E-state index contributed by atoms with van der Waals surface area (Å²) in [6, 6.07) is 15.9. The van der Waals surface area contributed by atoms with Crippen LogP contribution < -0.4 is 15.8 Å². The molecule has 0 saturated heterocycles. The maximum atomic E-state index is 12.9. The summed E-state index contributed by atoms with van der Waals surface area (Å²) in [6.07, 6.45) is -5.15. The minimum atomic E-state index is -4.40. The molecule has 37 heavy (non-hydrogen) atoms. The number of rotatable bonds is 8. The van der Waals surface area contributed by atoms with E-state index in [0.29, 0.717) is 23.8 Å². The zero-order valence-electron chi connectivity index (χ0n) is 19.7. The molecule has 0 saturated carbocycles. The van der Waals surface area contributed by atoms with Gasteiger partial charge in [0.05, 0.1) is 11.6 Å². The van der Waals surface area contributed by atoms with E-state index < -0.39 is 36.0 Å². The van der Waals surface area contributed by atoms with Crippen molar-refractivity contribution in [3.05, 3.63) is 95.3 Å². The van der Waals surface area contributed by atoms with Crippen LogP contribution in [0, 0.1) is 5.82 Å². The maximum Gasteiger partial charge on any atom is 0.416 e. The monoisotopic (exact) mass is 544 g/mol. The lowest BCUT2D eigenvalue weighted by Gasteiger charge is -2.16. The Morgan fingerprint density at radius 1 is 0.973 bits per heavy atom. The standard InChI is InChI=1S/C20H21F5N2O2.C6H5FS/c1-19(21,22)10-17(26)18(28)27-11-14-3-2-4-16(9-14)29-12-13-5-7-15(8-6-13)20(23,24)25;7-5-1-3-6(8)4-2-5/h2-9,17H,10-12,26H2,1H3,(H,27,28);1-4,8H. The van der Waals surface area contributed by atoms with Crippen LogP contribution >= 0.6 is 12.6 Å². The fourth-order valence-corrected chi connectivity index (χ4v) is 3.09. The van der Waals surface area contributed by atoms with Gasteiger partial charge in [-0.05, 0) is 66.6 Å². The van der Waals surface area contributed by atoms with Crippen LogP contribution in [0.3, 0.4) is 0 Å². The number of hydrogen-bond acceptors (Lipinski definition) is 4. The molecule has 0 radical (unpaired) electrons. The predicted octanol–water partition coefficient (Wildman–Crippen LogP) is 6.39. The first-order chi connectivity index (χ1) is 17.2. The van der Waals surface area contributed by atoms with Crippen LogP contribution in [0.2, 0.25) is 0 Å². The SMILES string of the molecule is CC(F)(F)CC(N)C(=O)NCc1cccc(OCc2ccc(C(F)(F)F)cc2)c1.Fc1ccc(S)cc1. The van der Waals surface area contributed by atoms with Gasteiger partial charge in [0.2, 0.25) is 11.8 Å². The number of benzene rings is 3. The highest BCUT2D eigenvalue weighted by Crippen LogP contribution is 2.29. The van der Waals surface area contributed by atoms with Crippen molar-refractivity contribution in [2.45, 2.75) is 49.5 Å². The minimum Gasteiger partial charge on any atom is -0.489 e. The number of carbonyl (C=O) groups excluding carboxylic acids is 1. The molecule has 1 amide bonds. The maximum absolute atomic E-state index is 12.9. The van der Waals surface area contributed by atoms with Crippen LogP contribution in [-0.2, 0) is 24.1 Å². The van der Waals surface area contributed by atoms with E-state index in [1.165, 1.54) is 24.3 Å². The van der Waals surface area contributed by atoms with Gasteiger partial charge in [0.1, 0.15) is 18.2 Å². The minimum absolute atomic E-state index is 0.0599. The second-order valence-electron chi connectivity index (χ2n) is 8.21. The van der Waals surface area contributed by atoms with Crippen molar-refractivity contribution < 1.29 is 35.9 Å². The van der Waals surface area contributed by atoms with Gasteiger partial charge in [-0.15, -0.1) is 12.6 Å². The summed E-state index contributed by atoms with van der Waals surface area (Å²) in [7, 11) is 0. The Morgan fingerprint density at radius 2 is 1.59 bits per heavy atom. The van der Waals surface area contributed by atoms with Gasteiger partial charge < -0.3 is 15.8 Å². The molecule has 0 aromatic heterocycles. The summed E-state index contributed by atoms with van der Waals surface area (Å²) in [6.45, 7) is 0.821. The van der Waals surface area contributed by atoms with Crippen LogP contribution in [0.1, 0.15) is 30.0 Å². The summed E-state index contributed by atoms with van der Waals surface area (Å²) in [5.41, 5.74) is 5.93. The number of halogens is 6. The molecule has 0 fully saturated rings. The average molecular weight is 545 g/mol. The van der Waals surface area contributed by atoms with E-state index in [2.05, 4.69) is 17.9 Å². The highest BCUT2D eigenvalue weighted by atomic mass is 32.1. The zero-order chi connectivity index (χ0) is 27.6. The Bertz CT molecular complexity index is 1110. The molecule has 3 aromatic carbocycles. The summed E-state index contributed by atoms with van der Waals surface area (Å²) in [5.74, 6) is -3.51. The van der Waals surface area contributed by atoms with E-state index in [-0.39, 0.29) is 19.0 Å². The van der Waals surface area contributed by atoms with E-state index in [0.717, 1.165) is 17.0 Å². The number of amides is 1. The molecule has 0 bridgehead atoms. The molecular formula is C26H26F6N2O2S. The number of nitrogens with one attached hydrogen (secondary N) is 1. The lowest BCUT2D eigenvalue weighted by Crippen LogP contribution is -2.43. The quantitative estimate of drug-likeness (QED) is 0.228. The number of hydrogen-bond donors (Lipinski definition) is 3. The van der Waals surface area contributed by atoms with Gasteiger partial charge in [-0.1, -0.05) is 24.3 Å². The van der Waals surface area contributed by atoms with E-state index in [1.54, 1.807) is 36.4 Å². The Morgan fingerprint density at radius 3 is 2.14 bits per heavy atom. The molecule has 3 N–H and O–H groups in total. The van der Waals surface area contributed by atoms with E-state index >= 15 is 0 Å². The molecule has 3 aromatic rings. The van der Waals surface area contributed by atoms with Crippen molar-refractivity contribution in [1.29, 1.82) is 0 Å². The molecule has 200 valence electrons. The lowest BCUT2D eigenvalue weighted by molar-refractivity contribution is -0.137. The Hall–Kier alpha value is -3.18. The normalized spacial score (nSPS) is 12.2. The molecule has 0 heterocycles. The van der Waals surface area contributed by atoms with Gasteiger partial charge in [-0.2, -0.15) is 13.2 Å². The van der Waals surface area contributed by atoms with Crippen molar-refractivity contribution in [1.82, 2.24) is 5.32 Å². The molecule has 0 spiro atoms. The molecule has 11 heteroatoms. The Labute approximate surface area is 216 Å². The summed E-state index contributed by atoms with van der Waals surface area (Å²) >= 11 is 3.97. The summed E-state index contributed by atoms with van der Waals surface area (Å²) < 4.78 is 81.2. The molecule has 0 aliphatic rings. The van der Waals surface area contributed by atoms with Crippen molar-refractivity contribution in [3.63, 3.8) is 0 Å². The molecule has 4 nitrogen and oxygen atoms in total. The number of alkyl halides is 5. The van der Waals surface area contributed by atoms with Crippen molar-refractivity contribution in [2.75, 3.05) is 0 Å². The van der Waals surface area contributed by atoms with Crippen LogP contribution in [0.25, 0.3) is 0 Å². The summed E-state index contributed by atoms with van der Waals surface area (Å²) in [4.78, 5) is 12.6. The fraction of sp³-hybridized carbons (Fsp3) is 0.269. The smallest absolute Gasteiger partial charge is 0.416 e. The Kier molecular flexibility index (Phi) is 10.9. The van der Waals surface area contributed by atoms with Crippen molar-refractivity contribution >= 4 is 18.5 Å². The van der Waals surface area contributed by atoms with Crippen molar-refractivity contribution in [2.24, 2.45) is 5.73 Å². The van der Waals surface area contributed by atoms with Gasteiger partial charge in [-0.3, -0.25) is 4.79 Å². The molecule has 1 unspecified atom stereocenters. The van der Waals surface area contributed by atoms with Gasteiger partial charge >= 0.3 is 6.18 Å². The van der Waals surface area contributed by atoms with Gasteiger partial charge in [0, 0.05) is 17.9 Å². The molecular weight excluding hydrogens is 518 g/mol. The third kappa shape index (κ3) is 11.6. The molecule has 3 rings (SSSR count). The van der Waals surface area contributed by atoms with E-state index in [9.17, 15) is 31.1 Å². The summed E-state index contributed by atoms with van der Waals surface area (Å²) in [5, 5.41) is 2.48. The van der Waals surface area contributed by atoms with Crippen LogP contribution in [0.5, 0.6) is 5.75 Å². The van der Waals surface area contributed by atoms with Gasteiger partial charge in [0.25, 0.3) is 0 Å². The molecule has 1 atom stereocenters. The second kappa shape index (κ2) is 13.4. The fourth-order valence-electron chi connectivity index (χ4n) is 2.94. The average Bonchev–Trinajstić information content (AvgIpc) is 2.82. The Balaban J connectivity index is 0.000000510. The third-order valence-electron chi connectivity index (χ3n) is 4.79. The highest BCUT2D eigenvalue weighted by Gasteiger charge is 2.30. The van der Waals surface area contributed by atoms with Crippen LogP contribution in [0.4, 0.5) is 26.3 Å². The predicted molar refractivity (Wildman–Crippen MR) is 131 cm³/mol. The first kappa shape index (κ1) is 30.0. The molecule has 0 aliphatic carbocycles. The second-order valence-corrected chi connectivity index (χ2v) is 8.72. The largest absolute Gasteiger partial charge is 0.489 e. The number of ether oxygens (including phenoxy) is 1. The van der Waals surface area contributed by atoms with E-state index in [4.69, 9.17) is 10.5 Å². The van der Waals surface area contributed by atoms with Crippen LogP contribution in [0.15, 0.2) is 77.7 Å². The number of nitrogens with two attached hydrogens (primary N) is 1. The first-order valence-electron chi connectivity index (χ1n) is 11.0. The zero-order valence-corrected chi connectivity index (χ0v) is 20.6. The van der Waals surface area contributed by atoms with Crippen molar-refractivity contribution in [3.8, 4) is 5.75 Å². The third-order valence-corrected chi connectivity index (χ3v) is 5.09. The van der Waals surface area contributed by atoms with Gasteiger partial charge in [0.15, 0.2) is 0 Å². The number of carbonyl (C=O) groups is 1. The molecule has 0 aliphatic heterocycles. The first-order valence-corrected chi connectivity index (χ1v) is 11.4. The van der Waals surface area contributed by atoms with Crippen LogP contribution in [-0.4, -0.2) is 17.9 Å². The van der Waals surface area contributed by atoms with E-state index in [1.807, 2.05) is 0 Å².